The van der Waals surface area contributed by atoms with Crippen LogP contribution in [0.1, 0.15) is 51.9 Å². The highest BCUT2D eigenvalue weighted by Crippen LogP contribution is 2.26. The van der Waals surface area contributed by atoms with Gasteiger partial charge in [0.05, 0.1) is 11.3 Å². The first-order chi connectivity index (χ1) is 15.4. The molecule has 1 aliphatic rings. The van der Waals surface area contributed by atoms with Gasteiger partial charge in [-0.3, -0.25) is 14.4 Å². The number of Topliss-reactive ketones (excluding diaryl/α,β-unsaturated/α-hetero) is 1. The highest BCUT2D eigenvalue weighted by atomic mass is 32.1. The van der Waals surface area contributed by atoms with Gasteiger partial charge in [0, 0.05) is 48.1 Å². The molecular weight excluding hydrogens is 424 g/mol. The number of nitrogens with zero attached hydrogens (tertiary/aromatic N) is 3. The third-order valence-electron chi connectivity index (χ3n) is 5.92. The first kappa shape index (κ1) is 22.1. The summed E-state index contributed by atoms with van der Waals surface area (Å²) in [6, 6.07) is 12.5. The average Bonchev–Trinajstić information content (AvgIpc) is 3.26. The van der Waals surface area contributed by atoms with Gasteiger partial charge in [0.2, 0.25) is 0 Å². The predicted molar refractivity (Wildman–Crippen MR) is 126 cm³/mol. The van der Waals surface area contributed by atoms with Gasteiger partial charge in [0.1, 0.15) is 5.65 Å². The summed E-state index contributed by atoms with van der Waals surface area (Å²) >= 11 is 4.52. The van der Waals surface area contributed by atoms with Crippen LogP contribution < -0.4 is 0 Å². The van der Waals surface area contributed by atoms with Gasteiger partial charge < -0.3 is 14.8 Å². The fourth-order valence-electron chi connectivity index (χ4n) is 4.06. The minimum absolute atomic E-state index is 0.0132. The van der Waals surface area contributed by atoms with E-state index in [9.17, 15) is 14.4 Å². The van der Waals surface area contributed by atoms with Crippen molar-refractivity contribution >= 4 is 41.3 Å². The third kappa shape index (κ3) is 4.14. The first-order valence-electron chi connectivity index (χ1n) is 10.8. The first-order valence-corrected chi connectivity index (χ1v) is 11.3. The van der Waals surface area contributed by atoms with Crippen molar-refractivity contribution in [1.82, 2.24) is 19.8 Å². The SMILES string of the molecule is CCC(S)c1ccc2c(C(=O)C(=O)N3CCN(C(=O)c4ccccc4)C[C@H]3C)c[nH]c2n1. The van der Waals surface area contributed by atoms with E-state index >= 15 is 0 Å². The van der Waals surface area contributed by atoms with E-state index in [1.807, 2.05) is 44.2 Å². The maximum Gasteiger partial charge on any atom is 0.295 e. The fourth-order valence-corrected chi connectivity index (χ4v) is 4.20. The highest BCUT2D eigenvalue weighted by Gasteiger charge is 2.34. The lowest BCUT2D eigenvalue weighted by Gasteiger charge is -2.39. The Morgan fingerprint density at radius 3 is 2.59 bits per heavy atom. The van der Waals surface area contributed by atoms with E-state index in [1.54, 1.807) is 28.1 Å². The van der Waals surface area contributed by atoms with E-state index in [0.717, 1.165) is 12.1 Å². The van der Waals surface area contributed by atoms with Crippen molar-refractivity contribution in [2.24, 2.45) is 0 Å². The van der Waals surface area contributed by atoms with E-state index in [0.29, 0.717) is 41.8 Å². The van der Waals surface area contributed by atoms with Crippen molar-refractivity contribution in [2.45, 2.75) is 31.6 Å². The number of carbonyl (C=O) groups excluding carboxylic acids is 3. The molecule has 1 unspecified atom stereocenters. The van der Waals surface area contributed by atoms with Crippen molar-refractivity contribution in [3.63, 3.8) is 0 Å². The molecule has 166 valence electrons. The van der Waals surface area contributed by atoms with Gasteiger partial charge in [-0.2, -0.15) is 12.6 Å². The lowest BCUT2D eigenvalue weighted by molar-refractivity contribution is -0.130. The number of aromatic nitrogens is 2. The Labute approximate surface area is 192 Å². The molecule has 1 aliphatic heterocycles. The monoisotopic (exact) mass is 450 g/mol. The number of hydrogen-bond donors (Lipinski definition) is 2. The topological polar surface area (TPSA) is 86.4 Å². The summed E-state index contributed by atoms with van der Waals surface area (Å²) in [5.74, 6) is -1.20. The Morgan fingerprint density at radius 2 is 1.91 bits per heavy atom. The molecule has 0 spiro atoms. The summed E-state index contributed by atoms with van der Waals surface area (Å²) in [7, 11) is 0. The summed E-state index contributed by atoms with van der Waals surface area (Å²) in [5, 5.41) is 0.633. The Hall–Kier alpha value is -3.13. The number of H-pyrrole nitrogens is 1. The maximum atomic E-state index is 13.0. The summed E-state index contributed by atoms with van der Waals surface area (Å²) in [4.78, 5) is 49.6. The van der Waals surface area contributed by atoms with E-state index < -0.39 is 11.7 Å². The number of thiol groups is 1. The van der Waals surface area contributed by atoms with Crippen LogP contribution in [0, 0.1) is 0 Å². The fraction of sp³-hybridized carbons (Fsp3) is 0.333. The molecule has 2 amide bonds. The van der Waals surface area contributed by atoms with E-state index in [4.69, 9.17) is 0 Å². The Morgan fingerprint density at radius 1 is 1.16 bits per heavy atom. The Balaban J connectivity index is 1.48. The van der Waals surface area contributed by atoms with Crippen molar-refractivity contribution in [1.29, 1.82) is 0 Å². The summed E-state index contributed by atoms with van der Waals surface area (Å²) < 4.78 is 0. The molecule has 1 N–H and O–H groups in total. The molecule has 7 nitrogen and oxygen atoms in total. The number of rotatable bonds is 5. The van der Waals surface area contributed by atoms with Gasteiger partial charge in [0.15, 0.2) is 0 Å². The smallest absolute Gasteiger partial charge is 0.295 e. The number of fused-ring (bicyclic) bond motifs is 1. The zero-order valence-electron chi connectivity index (χ0n) is 18.1. The molecule has 1 saturated heterocycles. The molecule has 2 atom stereocenters. The second kappa shape index (κ2) is 9.16. The molecule has 0 saturated carbocycles. The number of amides is 2. The van der Waals surface area contributed by atoms with Crippen LogP contribution in [-0.4, -0.2) is 63.0 Å². The zero-order valence-corrected chi connectivity index (χ0v) is 19.0. The molecule has 32 heavy (non-hydrogen) atoms. The number of carbonyl (C=O) groups is 3. The highest BCUT2D eigenvalue weighted by molar-refractivity contribution is 7.80. The van der Waals surface area contributed by atoms with Crippen LogP contribution in [0.5, 0.6) is 0 Å². The number of ketones is 1. The lowest BCUT2D eigenvalue weighted by atomic mass is 10.1. The number of aromatic amines is 1. The summed E-state index contributed by atoms with van der Waals surface area (Å²) in [6.07, 6.45) is 2.38. The van der Waals surface area contributed by atoms with Gasteiger partial charge in [-0.15, -0.1) is 0 Å². The molecule has 1 fully saturated rings. The van der Waals surface area contributed by atoms with E-state index in [1.165, 1.54) is 0 Å². The molecule has 4 rings (SSSR count). The standard InChI is InChI=1S/C24H26N4O3S/c1-3-20(32)19-10-9-17-18(13-25-22(17)26-19)21(29)24(31)28-12-11-27(14-15(28)2)23(30)16-7-5-4-6-8-16/h4-10,13,15,20,32H,3,11-12,14H2,1-2H3,(H,25,26)/t15-,20?/m1/s1. The quantitative estimate of drug-likeness (QED) is 0.354. The molecular formula is C24H26N4O3S. The van der Waals surface area contributed by atoms with Crippen molar-refractivity contribution in [3.8, 4) is 0 Å². The van der Waals surface area contributed by atoms with Crippen LogP contribution >= 0.6 is 12.6 Å². The van der Waals surface area contributed by atoms with Crippen molar-refractivity contribution in [3.05, 3.63) is 65.5 Å². The van der Waals surface area contributed by atoms with Crippen molar-refractivity contribution < 1.29 is 14.4 Å². The van der Waals surface area contributed by atoms with Gasteiger partial charge >= 0.3 is 0 Å². The Kier molecular flexibility index (Phi) is 6.32. The van der Waals surface area contributed by atoms with Crippen molar-refractivity contribution in [2.75, 3.05) is 19.6 Å². The van der Waals surface area contributed by atoms with E-state index in [-0.39, 0.29) is 17.2 Å². The Bertz CT molecular complexity index is 1160. The van der Waals surface area contributed by atoms with Gasteiger partial charge in [0.25, 0.3) is 17.6 Å². The molecule has 0 aliphatic carbocycles. The summed E-state index contributed by atoms with van der Waals surface area (Å²) in [6.45, 7) is 4.96. The predicted octanol–water partition coefficient (Wildman–Crippen LogP) is 3.50. The number of piperazine rings is 1. The van der Waals surface area contributed by atoms with Gasteiger partial charge in [-0.05, 0) is 37.6 Å². The minimum Gasteiger partial charge on any atom is -0.345 e. The number of benzene rings is 1. The van der Waals surface area contributed by atoms with Crippen LogP contribution in [0.2, 0.25) is 0 Å². The molecule has 2 aromatic heterocycles. The van der Waals surface area contributed by atoms with Gasteiger partial charge in [-0.1, -0.05) is 25.1 Å². The largest absolute Gasteiger partial charge is 0.345 e. The normalized spacial score (nSPS) is 17.4. The van der Waals surface area contributed by atoms with Gasteiger partial charge in [-0.25, -0.2) is 4.98 Å². The second-order valence-electron chi connectivity index (χ2n) is 8.05. The summed E-state index contributed by atoms with van der Waals surface area (Å²) in [5.41, 5.74) is 2.32. The molecule has 8 heteroatoms. The number of pyridine rings is 1. The zero-order chi connectivity index (χ0) is 22.8. The molecule has 3 aromatic rings. The van der Waals surface area contributed by atoms with Crippen LogP contribution in [0.25, 0.3) is 11.0 Å². The van der Waals surface area contributed by atoms with Crippen LogP contribution in [-0.2, 0) is 4.79 Å². The molecule has 1 aromatic carbocycles. The molecule has 0 radical (unpaired) electrons. The third-order valence-corrected chi connectivity index (χ3v) is 6.55. The molecule has 0 bridgehead atoms. The lowest BCUT2D eigenvalue weighted by Crippen LogP contribution is -2.56. The van der Waals surface area contributed by atoms with Crippen LogP contribution in [0.4, 0.5) is 0 Å². The molecule has 3 heterocycles. The average molecular weight is 451 g/mol. The maximum absolute atomic E-state index is 13.0. The number of nitrogens with one attached hydrogen (secondary N) is 1. The van der Waals surface area contributed by atoms with Crippen LogP contribution in [0.3, 0.4) is 0 Å². The van der Waals surface area contributed by atoms with Crippen LogP contribution in [0.15, 0.2) is 48.7 Å². The second-order valence-corrected chi connectivity index (χ2v) is 8.68. The minimum atomic E-state index is -0.571. The van der Waals surface area contributed by atoms with E-state index in [2.05, 4.69) is 22.6 Å². The number of hydrogen-bond acceptors (Lipinski definition) is 5.